The number of hydrogen-bond donors (Lipinski definition) is 1. The molecule has 2 aliphatic heterocycles. The van der Waals surface area contributed by atoms with Gasteiger partial charge < -0.3 is 14.8 Å². The van der Waals surface area contributed by atoms with E-state index in [1.165, 1.54) is 7.11 Å². The zero-order valence-electron chi connectivity index (χ0n) is 13.1. The average Bonchev–Trinajstić information content (AvgIpc) is 2.75. The second-order valence-electron chi connectivity index (χ2n) is 6.11. The lowest BCUT2D eigenvalue weighted by molar-refractivity contribution is -0.144. The fourth-order valence-electron chi connectivity index (χ4n) is 3.03. The van der Waals surface area contributed by atoms with Crippen LogP contribution in [-0.2, 0) is 19.1 Å². The summed E-state index contributed by atoms with van der Waals surface area (Å²) in [6, 6.07) is 6.72. The van der Waals surface area contributed by atoms with Crippen molar-refractivity contribution in [2.24, 2.45) is 0 Å². The van der Waals surface area contributed by atoms with E-state index in [9.17, 15) is 14.4 Å². The minimum absolute atomic E-state index is 0.155. The predicted octanol–water partition coefficient (Wildman–Crippen LogP) is 1.67. The van der Waals surface area contributed by atoms with Crippen LogP contribution in [0.15, 0.2) is 35.5 Å². The van der Waals surface area contributed by atoms with Crippen molar-refractivity contribution in [1.29, 1.82) is 0 Å². The highest BCUT2D eigenvalue weighted by Crippen LogP contribution is 2.42. The van der Waals surface area contributed by atoms with Gasteiger partial charge >= 0.3 is 11.9 Å². The van der Waals surface area contributed by atoms with Crippen molar-refractivity contribution in [3.63, 3.8) is 0 Å². The standard InChI is InChI=1S/C17H17NO5/c1-17(2)14-13(16(21)23-17)11(8-12(19)18-14)9-4-6-10(7-5-9)15(20)22-3/h4-7,11H,8H2,1-3H3,(H,18,19). The van der Waals surface area contributed by atoms with Crippen LogP contribution in [0.5, 0.6) is 0 Å². The van der Waals surface area contributed by atoms with Crippen molar-refractivity contribution in [3.8, 4) is 0 Å². The molecule has 0 radical (unpaired) electrons. The van der Waals surface area contributed by atoms with Crippen molar-refractivity contribution in [1.82, 2.24) is 5.32 Å². The summed E-state index contributed by atoms with van der Waals surface area (Å²) in [4.78, 5) is 35.8. The van der Waals surface area contributed by atoms with Gasteiger partial charge in [0.25, 0.3) is 0 Å². The smallest absolute Gasteiger partial charge is 0.337 e. The highest BCUT2D eigenvalue weighted by molar-refractivity contribution is 5.99. The molecule has 0 bridgehead atoms. The maximum Gasteiger partial charge on any atom is 0.337 e. The number of rotatable bonds is 2. The molecule has 2 heterocycles. The summed E-state index contributed by atoms with van der Waals surface area (Å²) >= 11 is 0. The van der Waals surface area contributed by atoms with Crippen LogP contribution in [0.2, 0.25) is 0 Å². The summed E-state index contributed by atoms with van der Waals surface area (Å²) in [5, 5.41) is 2.76. The van der Waals surface area contributed by atoms with Crippen molar-refractivity contribution >= 4 is 17.8 Å². The van der Waals surface area contributed by atoms with Crippen molar-refractivity contribution in [2.75, 3.05) is 7.11 Å². The van der Waals surface area contributed by atoms with Gasteiger partial charge in [0.2, 0.25) is 5.91 Å². The van der Waals surface area contributed by atoms with Crippen LogP contribution in [0, 0.1) is 0 Å². The van der Waals surface area contributed by atoms with Gasteiger partial charge in [0, 0.05) is 12.3 Å². The summed E-state index contributed by atoms with van der Waals surface area (Å²) in [6.45, 7) is 3.49. The maximum absolute atomic E-state index is 12.2. The first-order chi connectivity index (χ1) is 10.8. The Morgan fingerprint density at radius 3 is 2.52 bits per heavy atom. The lowest BCUT2D eigenvalue weighted by atomic mass is 9.82. The lowest BCUT2D eigenvalue weighted by Crippen LogP contribution is -2.38. The Kier molecular flexibility index (Phi) is 3.47. The Hall–Kier alpha value is -2.63. The average molecular weight is 315 g/mol. The van der Waals surface area contributed by atoms with Crippen LogP contribution in [-0.4, -0.2) is 30.6 Å². The van der Waals surface area contributed by atoms with Gasteiger partial charge in [-0.15, -0.1) is 0 Å². The number of cyclic esters (lactones) is 1. The number of amides is 1. The van der Waals surface area contributed by atoms with Crippen LogP contribution in [0.25, 0.3) is 0 Å². The lowest BCUT2D eigenvalue weighted by Gasteiger charge is -2.27. The minimum atomic E-state index is -0.841. The first-order valence-electron chi connectivity index (χ1n) is 7.29. The molecular formula is C17H17NO5. The predicted molar refractivity (Wildman–Crippen MR) is 80.5 cm³/mol. The summed E-state index contributed by atoms with van der Waals surface area (Å²) in [5.74, 6) is -1.37. The van der Waals surface area contributed by atoms with E-state index in [4.69, 9.17) is 4.74 Å². The Bertz CT molecular complexity index is 730. The molecule has 1 N–H and O–H groups in total. The van der Waals surface area contributed by atoms with E-state index in [1.54, 1.807) is 38.1 Å². The molecule has 23 heavy (non-hydrogen) atoms. The highest BCUT2D eigenvalue weighted by Gasteiger charge is 2.47. The van der Waals surface area contributed by atoms with Crippen LogP contribution in [0.3, 0.4) is 0 Å². The molecule has 1 unspecified atom stereocenters. The van der Waals surface area contributed by atoms with Gasteiger partial charge in [-0.1, -0.05) is 12.1 Å². The number of hydrogen-bond acceptors (Lipinski definition) is 5. The molecule has 6 nitrogen and oxygen atoms in total. The molecule has 1 atom stereocenters. The minimum Gasteiger partial charge on any atom is -0.465 e. The maximum atomic E-state index is 12.2. The van der Waals surface area contributed by atoms with Gasteiger partial charge in [-0.05, 0) is 31.5 Å². The molecule has 6 heteroatoms. The second-order valence-corrected chi connectivity index (χ2v) is 6.11. The van der Waals surface area contributed by atoms with E-state index in [0.29, 0.717) is 16.8 Å². The van der Waals surface area contributed by atoms with E-state index in [1.807, 2.05) is 0 Å². The van der Waals surface area contributed by atoms with Gasteiger partial charge in [-0.2, -0.15) is 0 Å². The fourth-order valence-corrected chi connectivity index (χ4v) is 3.03. The molecule has 0 saturated carbocycles. The normalized spacial score (nSPS) is 22.3. The third kappa shape index (κ3) is 2.50. The van der Waals surface area contributed by atoms with Crippen LogP contribution in [0.4, 0.5) is 0 Å². The molecule has 0 fully saturated rings. The summed E-state index contributed by atoms with van der Waals surface area (Å²) in [5.41, 5.74) is 1.38. The molecular weight excluding hydrogens is 298 g/mol. The SMILES string of the molecule is COC(=O)c1ccc(C2CC(=O)NC3=C2C(=O)OC3(C)C)cc1. The Morgan fingerprint density at radius 1 is 1.26 bits per heavy atom. The summed E-state index contributed by atoms with van der Waals surface area (Å²) < 4.78 is 10.0. The molecule has 3 rings (SSSR count). The molecule has 2 aliphatic rings. The van der Waals surface area contributed by atoms with Crippen LogP contribution < -0.4 is 5.32 Å². The Labute approximate surface area is 133 Å². The van der Waals surface area contributed by atoms with E-state index < -0.39 is 17.5 Å². The molecule has 1 aromatic carbocycles. The van der Waals surface area contributed by atoms with Crippen LogP contribution >= 0.6 is 0 Å². The number of nitrogens with one attached hydrogen (secondary N) is 1. The first kappa shape index (κ1) is 15.3. The van der Waals surface area contributed by atoms with Gasteiger partial charge in [-0.25, -0.2) is 9.59 Å². The Balaban J connectivity index is 2.01. The molecule has 0 spiro atoms. The second kappa shape index (κ2) is 5.22. The van der Waals surface area contributed by atoms with Crippen molar-refractivity contribution < 1.29 is 23.9 Å². The van der Waals surface area contributed by atoms with Gasteiger partial charge in [-0.3, -0.25) is 4.79 Å². The van der Waals surface area contributed by atoms with Crippen molar-refractivity contribution in [3.05, 3.63) is 46.7 Å². The third-order valence-corrected chi connectivity index (χ3v) is 4.18. The van der Waals surface area contributed by atoms with E-state index in [0.717, 1.165) is 5.56 Å². The van der Waals surface area contributed by atoms with Crippen LogP contribution in [0.1, 0.15) is 42.1 Å². The fraction of sp³-hybridized carbons (Fsp3) is 0.353. The topological polar surface area (TPSA) is 81.7 Å². The monoisotopic (exact) mass is 315 g/mol. The molecule has 1 amide bonds. The molecule has 0 saturated heterocycles. The number of ether oxygens (including phenoxy) is 2. The largest absolute Gasteiger partial charge is 0.465 e. The van der Waals surface area contributed by atoms with Gasteiger partial charge in [0.05, 0.1) is 23.9 Å². The van der Waals surface area contributed by atoms with Crippen molar-refractivity contribution in [2.45, 2.75) is 31.8 Å². The third-order valence-electron chi connectivity index (χ3n) is 4.18. The van der Waals surface area contributed by atoms with E-state index in [2.05, 4.69) is 10.1 Å². The number of esters is 2. The zero-order chi connectivity index (χ0) is 16.8. The molecule has 1 aromatic rings. The molecule has 0 aromatic heterocycles. The summed E-state index contributed by atoms with van der Waals surface area (Å²) in [6.07, 6.45) is 0.168. The van der Waals surface area contributed by atoms with E-state index in [-0.39, 0.29) is 18.2 Å². The molecule has 120 valence electrons. The summed E-state index contributed by atoms with van der Waals surface area (Å²) in [7, 11) is 1.31. The number of carbonyl (C=O) groups is 3. The quantitative estimate of drug-likeness (QED) is 0.840. The van der Waals surface area contributed by atoms with Gasteiger partial charge in [0.1, 0.15) is 5.60 Å². The van der Waals surface area contributed by atoms with Gasteiger partial charge in [0.15, 0.2) is 0 Å². The number of methoxy groups -OCH3 is 1. The first-order valence-corrected chi connectivity index (χ1v) is 7.29. The number of benzene rings is 1. The highest BCUT2D eigenvalue weighted by atomic mass is 16.6. The number of carbonyl (C=O) groups excluding carboxylic acids is 3. The van der Waals surface area contributed by atoms with E-state index >= 15 is 0 Å². The zero-order valence-corrected chi connectivity index (χ0v) is 13.1. The Morgan fingerprint density at radius 2 is 1.91 bits per heavy atom. The molecule has 0 aliphatic carbocycles.